The first-order valence-electron chi connectivity index (χ1n) is 3.39. The third-order valence-corrected chi connectivity index (χ3v) is 1.45. The molecular weight excluding hydrogens is 167 g/mol. The number of hydrogen-bond acceptors (Lipinski definition) is 1. The van der Waals surface area contributed by atoms with Crippen LogP contribution in [0.15, 0.2) is 24.3 Å². The number of benzene rings is 1. The van der Waals surface area contributed by atoms with Crippen LogP contribution in [0.5, 0.6) is 0 Å². The van der Waals surface area contributed by atoms with Gasteiger partial charge in [-0.2, -0.15) is 0 Å². The molecule has 0 radical (unpaired) electrons. The molecule has 0 amide bonds. The summed E-state index contributed by atoms with van der Waals surface area (Å²) in [4.78, 5) is 0. The molecule has 4 heteroatoms. The van der Waals surface area contributed by atoms with Crippen molar-refractivity contribution in [1.82, 2.24) is 0 Å². The molecule has 0 saturated heterocycles. The second-order valence-corrected chi connectivity index (χ2v) is 2.41. The fourth-order valence-corrected chi connectivity index (χ4v) is 0.876. The van der Waals surface area contributed by atoms with Gasteiger partial charge in [0.2, 0.25) is 0 Å². The normalized spacial score (nSPS) is 13.3. The van der Waals surface area contributed by atoms with Crippen molar-refractivity contribution < 1.29 is 13.2 Å². The van der Waals surface area contributed by atoms with Crippen LogP contribution in [-0.2, 0) is 0 Å². The molecule has 2 N–H and O–H groups in total. The molecule has 0 heterocycles. The quantitative estimate of drug-likeness (QED) is 0.687. The monoisotopic (exact) mass is 175 g/mol. The molecule has 0 spiro atoms. The van der Waals surface area contributed by atoms with Gasteiger partial charge in [-0.3, -0.25) is 0 Å². The average molecular weight is 175 g/mol. The van der Waals surface area contributed by atoms with Crippen molar-refractivity contribution in [3.63, 3.8) is 0 Å². The largest absolute Gasteiger partial charge is 0.399 e. The summed E-state index contributed by atoms with van der Waals surface area (Å²) in [5.74, 6) is 0. The number of halogens is 3. The summed E-state index contributed by atoms with van der Waals surface area (Å²) in [5.41, 5.74) is 5.49. The maximum absolute atomic E-state index is 12.6. The van der Waals surface area contributed by atoms with Crippen molar-refractivity contribution in [1.29, 1.82) is 0 Å². The Morgan fingerprint density at radius 2 is 1.83 bits per heavy atom. The van der Waals surface area contributed by atoms with Crippen LogP contribution >= 0.6 is 0 Å². The summed E-state index contributed by atoms with van der Waals surface area (Å²) in [5, 5.41) is 0. The smallest absolute Gasteiger partial charge is 0.273 e. The molecule has 0 saturated carbocycles. The van der Waals surface area contributed by atoms with Crippen molar-refractivity contribution in [3.8, 4) is 0 Å². The first kappa shape index (κ1) is 8.90. The van der Waals surface area contributed by atoms with Gasteiger partial charge in [-0.05, 0) is 17.7 Å². The molecule has 0 aliphatic heterocycles. The Kier molecular flexibility index (Phi) is 2.58. The van der Waals surface area contributed by atoms with Crippen molar-refractivity contribution in [2.75, 3.05) is 5.73 Å². The molecule has 66 valence electrons. The Morgan fingerprint density at radius 3 is 2.33 bits per heavy atom. The number of nitrogens with two attached hydrogens (primary N) is 1. The summed E-state index contributed by atoms with van der Waals surface area (Å²) >= 11 is 0. The van der Waals surface area contributed by atoms with Crippen molar-refractivity contribution in [3.05, 3.63) is 29.8 Å². The van der Waals surface area contributed by atoms with Crippen LogP contribution in [0.3, 0.4) is 0 Å². The number of rotatable bonds is 2. The summed E-state index contributed by atoms with van der Waals surface area (Å²) in [6.45, 7) is 0. The van der Waals surface area contributed by atoms with Crippen LogP contribution in [-0.4, -0.2) is 6.43 Å². The second-order valence-electron chi connectivity index (χ2n) is 2.41. The van der Waals surface area contributed by atoms with E-state index in [0.29, 0.717) is 0 Å². The van der Waals surface area contributed by atoms with Gasteiger partial charge in [-0.15, -0.1) is 0 Å². The van der Waals surface area contributed by atoms with E-state index in [4.69, 9.17) is 5.73 Å². The van der Waals surface area contributed by atoms with Gasteiger partial charge >= 0.3 is 0 Å². The zero-order valence-electron chi connectivity index (χ0n) is 6.18. The van der Waals surface area contributed by atoms with E-state index < -0.39 is 12.6 Å². The Morgan fingerprint density at radius 1 is 1.17 bits per heavy atom. The average Bonchev–Trinajstić information content (AvgIpc) is 2.03. The zero-order chi connectivity index (χ0) is 9.14. The lowest BCUT2D eigenvalue weighted by molar-refractivity contribution is 0.0496. The van der Waals surface area contributed by atoms with E-state index >= 15 is 0 Å². The van der Waals surface area contributed by atoms with Gasteiger partial charge in [0, 0.05) is 5.69 Å². The van der Waals surface area contributed by atoms with Crippen molar-refractivity contribution in [2.45, 2.75) is 12.6 Å². The van der Waals surface area contributed by atoms with Gasteiger partial charge in [0.1, 0.15) is 0 Å². The molecule has 0 aliphatic rings. The molecule has 1 nitrogen and oxygen atoms in total. The van der Waals surface area contributed by atoms with E-state index in [1.54, 1.807) is 0 Å². The molecular formula is C8H8F3N. The van der Waals surface area contributed by atoms with Gasteiger partial charge in [0.15, 0.2) is 6.17 Å². The van der Waals surface area contributed by atoms with Gasteiger partial charge in [0.05, 0.1) is 0 Å². The van der Waals surface area contributed by atoms with Crippen molar-refractivity contribution >= 4 is 5.69 Å². The molecule has 1 atom stereocenters. The topological polar surface area (TPSA) is 26.0 Å². The van der Waals surface area contributed by atoms with Crippen LogP contribution < -0.4 is 5.73 Å². The number of anilines is 1. The highest BCUT2D eigenvalue weighted by Gasteiger charge is 2.20. The summed E-state index contributed by atoms with van der Waals surface area (Å²) < 4.78 is 36.3. The Balaban J connectivity index is 2.88. The lowest BCUT2D eigenvalue weighted by Crippen LogP contribution is -2.03. The predicted octanol–water partition coefficient (Wildman–Crippen LogP) is 2.54. The van der Waals surface area contributed by atoms with E-state index in [2.05, 4.69) is 0 Å². The highest BCUT2D eigenvalue weighted by Crippen LogP contribution is 2.25. The summed E-state index contributed by atoms with van der Waals surface area (Å²) in [6, 6.07) is 5.45. The molecule has 0 bridgehead atoms. The third-order valence-electron chi connectivity index (χ3n) is 1.45. The molecule has 1 unspecified atom stereocenters. The standard InChI is InChI=1S/C8H8F3N/c9-7(8(10)11)5-2-1-3-6(12)4-5/h1-4,7-8H,12H2. The van der Waals surface area contributed by atoms with Gasteiger partial charge in [-0.25, -0.2) is 13.2 Å². The van der Waals surface area contributed by atoms with Gasteiger partial charge in [-0.1, -0.05) is 12.1 Å². The van der Waals surface area contributed by atoms with Crippen LogP contribution in [0, 0.1) is 0 Å². The predicted molar refractivity (Wildman–Crippen MR) is 40.7 cm³/mol. The van der Waals surface area contributed by atoms with Crippen LogP contribution in [0.25, 0.3) is 0 Å². The molecule has 0 aromatic heterocycles. The van der Waals surface area contributed by atoms with E-state index in [1.807, 2.05) is 0 Å². The lowest BCUT2D eigenvalue weighted by Gasteiger charge is -2.06. The molecule has 1 aromatic rings. The SMILES string of the molecule is Nc1cccc(C(F)C(F)F)c1. The molecule has 0 fully saturated rings. The number of nitrogen functional groups attached to an aromatic ring is 1. The second kappa shape index (κ2) is 3.47. The molecule has 0 aliphatic carbocycles. The van der Waals surface area contributed by atoms with Crippen LogP contribution in [0.1, 0.15) is 11.7 Å². The summed E-state index contributed by atoms with van der Waals surface area (Å²) in [6.07, 6.45) is -5.24. The minimum absolute atomic E-state index is 0.0787. The van der Waals surface area contributed by atoms with E-state index in [-0.39, 0.29) is 11.3 Å². The zero-order valence-corrected chi connectivity index (χ0v) is 6.18. The minimum Gasteiger partial charge on any atom is -0.399 e. The number of hydrogen-bond donors (Lipinski definition) is 1. The number of alkyl halides is 3. The summed E-state index contributed by atoms with van der Waals surface area (Å²) in [7, 11) is 0. The Bertz CT molecular complexity index is 262. The molecule has 12 heavy (non-hydrogen) atoms. The lowest BCUT2D eigenvalue weighted by atomic mass is 10.1. The van der Waals surface area contributed by atoms with Crippen LogP contribution in [0.4, 0.5) is 18.9 Å². The maximum atomic E-state index is 12.6. The highest BCUT2D eigenvalue weighted by atomic mass is 19.3. The van der Waals surface area contributed by atoms with E-state index in [9.17, 15) is 13.2 Å². The van der Waals surface area contributed by atoms with Crippen molar-refractivity contribution in [2.24, 2.45) is 0 Å². The van der Waals surface area contributed by atoms with Gasteiger partial charge in [0.25, 0.3) is 6.43 Å². The first-order valence-corrected chi connectivity index (χ1v) is 3.39. The van der Waals surface area contributed by atoms with Crippen LogP contribution in [0.2, 0.25) is 0 Å². The third kappa shape index (κ3) is 1.90. The Labute approximate surface area is 68.0 Å². The van der Waals surface area contributed by atoms with E-state index in [1.165, 1.54) is 24.3 Å². The minimum atomic E-state index is -2.99. The van der Waals surface area contributed by atoms with Gasteiger partial charge < -0.3 is 5.73 Å². The maximum Gasteiger partial charge on any atom is 0.273 e. The Hall–Kier alpha value is -1.19. The molecule has 1 rings (SSSR count). The fourth-order valence-electron chi connectivity index (χ4n) is 0.876. The molecule has 1 aromatic carbocycles. The van der Waals surface area contributed by atoms with E-state index in [0.717, 1.165) is 0 Å². The first-order chi connectivity index (χ1) is 5.61. The highest BCUT2D eigenvalue weighted by molar-refractivity contribution is 5.41. The fraction of sp³-hybridized carbons (Fsp3) is 0.250.